The third-order valence-corrected chi connectivity index (χ3v) is 7.47. The lowest BCUT2D eigenvalue weighted by Crippen LogP contribution is -2.41. The van der Waals surface area contributed by atoms with E-state index in [1.165, 1.54) is 22.5 Å². The summed E-state index contributed by atoms with van der Waals surface area (Å²) in [6, 6.07) is 10.8. The molecule has 2 aromatic rings. The zero-order valence-corrected chi connectivity index (χ0v) is 18.1. The average molecular weight is 437 g/mol. The van der Waals surface area contributed by atoms with Crippen LogP contribution >= 0.6 is 0 Å². The smallest absolute Gasteiger partial charge is 0.270 e. The lowest BCUT2D eigenvalue weighted by Gasteiger charge is -2.31. The van der Waals surface area contributed by atoms with E-state index in [-0.39, 0.29) is 35.4 Å². The Morgan fingerprint density at radius 3 is 2.37 bits per heavy atom. The van der Waals surface area contributed by atoms with Gasteiger partial charge >= 0.3 is 0 Å². The summed E-state index contributed by atoms with van der Waals surface area (Å²) in [4.78, 5) is 12.9. The highest BCUT2D eigenvalue weighted by Gasteiger charge is 2.33. The van der Waals surface area contributed by atoms with Gasteiger partial charge in [0.2, 0.25) is 15.9 Å². The second-order valence-corrected chi connectivity index (χ2v) is 9.81. The molecule has 0 bridgehead atoms. The Labute approximate surface area is 176 Å². The number of carbonyl (C=O) groups is 1. The first kappa shape index (κ1) is 22.4. The lowest BCUT2D eigenvalue weighted by atomic mass is 9.97. The Kier molecular flexibility index (Phi) is 6.29. The van der Waals surface area contributed by atoms with Crippen molar-refractivity contribution in [2.45, 2.75) is 44.4 Å². The highest BCUT2D eigenvalue weighted by atomic mass is 32.2. The minimum absolute atomic E-state index is 0.172. The summed E-state index contributed by atoms with van der Waals surface area (Å²) in [6.07, 6.45) is 0.749. The van der Waals surface area contributed by atoms with Crippen LogP contribution in [0.4, 0.5) is 14.5 Å². The van der Waals surface area contributed by atoms with Crippen molar-refractivity contribution >= 4 is 21.6 Å². The molecular weight excluding hydrogens is 410 g/mol. The van der Waals surface area contributed by atoms with E-state index in [0.717, 1.165) is 12.5 Å². The van der Waals surface area contributed by atoms with Crippen molar-refractivity contribution < 1.29 is 22.0 Å². The normalized spacial score (nSPS) is 16.4. The van der Waals surface area contributed by atoms with E-state index in [4.69, 9.17) is 0 Å². The van der Waals surface area contributed by atoms with Crippen molar-refractivity contribution in [1.29, 1.82) is 0 Å². The molecule has 1 saturated heterocycles. The van der Waals surface area contributed by atoms with Crippen LogP contribution in [0.25, 0.3) is 0 Å². The molecule has 0 unspecified atom stereocenters. The summed E-state index contributed by atoms with van der Waals surface area (Å²) in [6.45, 7) is 4.96. The first-order valence-corrected chi connectivity index (χ1v) is 11.3. The first-order valence-electron chi connectivity index (χ1n) is 9.85. The maximum Gasteiger partial charge on any atom is 0.270 e. The number of nitrogens with one attached hydrogen (secondary N) is 1. The number of anilines is 1. The van der Waals surface area contributed by atoms with E-state index in [9.17, 15) is 22.0 Å². The third kappa shape index (κ3) is 4.87. The second-order valence-electron chi connectivity index (χ2n) is 7.91. The molecule has 1 fully saturated rings. The maximum atomic E-state index is 13.5. The number of piperidine rings is 1. The van der Waals surface area contributed by atoms with Gasteiger partial charge < -0.3 is 5.32 Å². The molecule has 8 heteroatoms. The van der Waals surface area contributed by atoms with E-state index in [1.807, 2.05) is 13.0 Å². The zero-order chi connectivity index (χ0) is 22.1. The Morgan fingerprint density at radius 2 is 1.77 bits per heavy atom. The van der Waals surface area contributed by atoms with Gasteiger partial charge in [-0.1, -0.05) is 29.8 Å². The Bertz CT molecular complexity index is 1040. The van der Waals surface area contributed by atoms with Gasteiger partial charge in [-0.15, -0.1) is 0 Å². The molecule has 0 radical (unpaired) electrons. The Hall–Kier alpha value is -2.32. The number of aryl methyl sites for hydroxylation is 2. The molecule has 1 aliphatic rings. The van der Waals surface area contributed by atoms with Crippen LogP contribution in [-0.2, 0) is 20.7 Å². The molecule has 0 atom stereocenters. The first-order chi connectivity index (χ1) is 14.0. The van der Waals surface area contributed by atoms with E-state index in [2.05, 4.69) is 5.32 Å². The standard InChI is InChI=1S/C22H26F2N2O3S/c1-15-7-8-20(16(2)13-15)30(28,29)26-11-9-17(10-12-26)21(27)25-19-6-4-5-18(14-19)22(3,23)24/h4-8,13-14,17H,9-12H2,1-3H3,(H,25,27). The molecule has 1 amide bonds. The van der Waals surface area contributed by atoms with Gasteiger partial charge in [0.1, 0.15) is 0 Å². The van der Waals surface area contributed by atoms with Crippen LogP contribution in [0.3, 0.4) is 0 Å². The number of hydrogen-bond donors (Lipinski definition) is 1. The van der Waals surface area contributed by atoms with Gasteiger partial charge in [0, 0.05) is 37.2 Å². The molecule has 0 aliphatic carbocycles. The molecule has 30 heavy (non-hydrogen) atoms. The molecular formula is C22H26F2N2O3S. The number of benzene rings is 2. The monoisotopic (exact) mass is 436 g/mol. The van der Waals surface area contributed by atoms with Crippen LogP contribution < -0.4 is 5.32 Å². The number of sulfonamides is 1. The Morgan fingerprint density at radius 1 is 1.10 bits per heavy atom. The fourth-order valence-corrected chi connectivity index (χ4v) is 5.38. The lowest BCUT2D eigenvalue weighted by molar-refractivity contribution is -0.120. The van der Waals surface area contributed by atoms with Crippen molar-refractivity contribution in [3.8, 4) is 0 Å². The molecule has 0 aromatic heterocycles. The Balaban J connectivity index is 1.64. The van der Waals surface area contributed by atoms with Crippen molar-refractivity contribution in [3.05, 3.63) is 59.2 Å². The molecule has 5 nitrogen and oxygen atoms in total. The number of hydrogen-bond acceptors (Lipinski definition) is 3. The molecule has 1 N–H and O–H groups in total. The summed E-state index contributed by atoms with van der Waals surface area (Å²) >= 11 is 0. The summed E-state index contributed by atoms with van der Waals surface area (Å²) in [5, 5.41) is 2.68. The van der Waals surface area contributed by atoms with E-state index in [0.29, 0.717) is 24.1 Å². The fourth-order valence-electron chi connectivity index (χ4n) is 3.70. The van der Waals surface area contributed by atoms with Gasteiger partial charge in [0.05, 0.1) is 4.90 Å². The van der Waals surface area contributed by atoms with Gasteiger partial charge in [0.15, 0.2) is 0 Å². The number of alkyl halides is 2. The number of rotatable bonds is 5. The maximum absolute atomic E-state index is 13.5. The van der Waals surface area contributed by atoms with Crippen LogP contribution in [0, 0.1) is 19.8 Å². The minimum atomic E-state index is -3.62. The number of carbonyl (C=O) groups excluding carboxylic acids is 1. The van der Waals surface area contributed by atoms with E-state index in [1.54, 1.807) is 25.1 Å². The number of halogens is 2. The van der Waals surface area contributed by atoms with Crippen molar-refractivity contribution in [2.24, 2.45) is 5.92 Å². The fraction of sp³-hybridized carbons (Fsp3) is 0.409. The minimum Gasteiger partial charge on any atom is -0.326 e. The van der Waals surface area contributed by atoms with Crippen LogP contribution in [0.5, 0.6) is 0 Å². The molecule has 1 heterocycles. The molecule has 1 aliphatic heterocycles. The van der Waals surface area contributed by atoms with Crippen LogP contribution in [0.1, 0.15) is 36.5 Å². The van der Waals surface area contributed by atoms with Crippen LogP contribution in [0.15, 0.2) is 47.4 Å². The van der Waals surface area contributed by atoms with E-state index >= 15 is 0 Å². The highest BCUT2D eigenvalue weighted by Crippen LogP contribution is 2.30. The van der Waals surface area contributed by atoms with Gasteiger partial charge in [-0.2, -0.15) is 4.31 Å². The summed E-state index contributed by atoms with van der Waals surface area (Å²) in [7, 11) is -3.62. The molecule has 162 valence electrons. The summed E-state index contributed by atoms with van der Waals surface area (Å²) in [5.74, 6) is -3.65. The van der Waals surface area contributed by atoms with Crippen molar-refractivity contribution in [2.75, 3.05) is 18.4 Å². The predicted octanol–water partition coefficient (Wildman–Crippen LogP) is 4.45. The number of nitrogens with zero attached hydrogens (tertiary/aromatic N) is 1. The van der Waals surface area contributed by atoms with Gasteiger partial charge in [0.25, 0.3) is 5.92 Å². The third-order valence-electron chi connectivity index (χ3n) is 5.41. The van der Waals surface area contributed by atoms with Gasteiger partial charge in [-0.05, 0) is 50.5 Å². The van der Waals surface area contributed by atoms with Gasteiger partial charge in [-0.25, -0.2) is 17.2 Å². The SMILES string of the molecule is Cc1ccc(S(=O)(=O)N2CCC(C(=O)Nc3cccc(C(C)(F)F)c3)CC2)c(C)c1. The quantitative estimate of drug-likeness (QED) is 0.753. The van der Waals surface area contributed by atoms with Crippen molar-refractivity contribution in [3.63, 3.8) is 0 Å². The summed E-state index contributed by atoms with van der Waals surface area (Å²) < 4.78 is 54.3. The molecule has 3 rings (SSSR count). The summed E-state index contributed by atoms with van der Waals surface area (Å²) in [5.41, 5.74) is 1.83. The zero-order valence-electron chi connectivity index (χ0n) is 17.3. The second kappa shape index (κ2) is 8.43. The van der Waals surface area contributed by atoms with E-state index < -0.39 is 15.9 Å². The van der Waals surface area contributed by atoms with Crippen LogP contribution in [0.2, 0.25) is 0 Å². The molecule has 2 aromatic carbocycles. The molecule has 0 saturated carbocycles. The highest BCUT2D eigenvalue weighted by molar-refractivity contribution is 7.89. The van der Waals surface area contributed by atoms with Crippen molar-refractivity contribution in [1.82, 2.24) is 4.31 Å². The topological polar surface area (TPSA) is 66.5 Å². The van der Waals surface area contributed by atoms with Crippen LogP contribution in [-0.4, -0.2) is 31.7 Å². The largest absolute Gasteiger partial charge is 0.326 e. The van der Waals surface area contributed by atoms with Gasteiger partial charge in [-0.3, -0.25) is 4.79 Å². The number of amides is 1. The molecule has 0 spiro atoms. The predicted molar refractivity (Wildman–Crippen MR) is 112 cm³/mol. The average Bonchev–Trinajstić information content (AvgIpc) is 2.67.